The van der Waals surface area contributed by atoms with Crippen molar-refractivity contribution in [2.24, 2.45) is 0 Å². The second kappa shape index (κ2) is 6.12. The summed E-state index contributed by atoms with van der Waals surface area (Å²) < 4.78 is 1.78. The van der Waals surface area contributed by atoms with E-state index in [0.717, 1.165) is 18.7 Å². The fraction of sp³-hybridized carbons (Fsp3) is 0.800. The van der Waals surface area contributed by atoms with Gasteiger partial charge in [0.25, 0.3) is 0 Å². The molecule has 0 fully saturated rings. The molecule has 1 aromatic heterocycles. The Kier molecular flexibility index (Phi) is 5.11. The predicted octanol–water partition coefficient (Wildman–Crippen LogP) is 1.86. The van der Waals surface area contributed by atoms with Gasteiger partial charge in [-0.3, -0.25) is 0 Å². The van der Waals surface area contributed by atoms with Gasteiger partial charge in [0.05, 0.1) is 11.9 Å². The largest absolute Gasteiger partial charge is 0.386 e. The van der Waals surface area contributed by atoms with Crippen LogP contribution in [0.25, 0.3) is 0 Å². The summed E-state index contributed by atoms with van der Waals surface area (Å²) in [4.78, 5) is 0. The summed E-state index contributed by atoms with van der Waals surface area (Å²) in [6.07, 6.45) is 2.20. The van der Waals surface area contributed by atoms with Crippen LogP contribution in [-0.2, 0) is 6.54 Å². The van der Waals surface area contributed by atoms with Gasteiger partial charge in [-0.1, -0.05) is 26.0 Å². The third-order valence-corrected chi connectivity index (χ3v) is 3.19. The normalized spacial score (nSPS) is 13.4. The van der Waals surface area contributed by atoms with Gasteiger partial charge in [-0.2, -0.15) is 11.8 Å². The lowest BCUT2D eigenvalue weighted by molar-refractivity contribution is 0.191. The number of nitrogens with zero attached hydrogens (tertiary/aromatic N) is 3. The summed E-state index contributed by atoms with van der Waals surface area (Å²) >= 11 is 1.75. The average Bonchev–Trinajstić information content (AvgIpc) is 2.63. The number of aryl methyl sites for hydroxylation is 1. The zero-order valence-corrected chi connectivity index (χ0v) is 10.4. The number of hydrogen-bond acceptors (Lipinski definition) is 4. The van der Waals surface area contributed by atoms with E-state index in [2.05, 4.69) is 31.1 Å². The highest BCUT2D eigenvalue weighted by Gasteiger charge is 2.14. The number of aliphatic hydroxyl groups is 1. The van der Waals surface area contributed by atoms with E-state index in [9.17, 15) is 5.11 Å². The van der Waals surface area contributed by atoms with E-state index in [1.54, 1.807) is 22.6 Å². The quantitative estimate of drug-likeness (QED) is 0.809. The fourth-order valence-corrected chi connectivity index (χ4v) is 2.02. The van der Waals surface area contributed by atoms with E-state index in [4.69, 9.17) is 0 Å². The first-order valence-corrected chi connectivity index (χ1v) is 6.38. The van der Waals surface area contributed by atoms with Gasteiger partial charge < -0.3 is 5.11 Å². The van der Waals surface area contributed by atoms with E-state index >= 15 is 0 Å². The maximum atomic E-state index is 9.94. The van der Waals surface area contributed by atoms with Crippen LogP contribution in [-0.4, -0.2) is 31.1 Å². The molecule has 1 heterocycles. The lowest BCUT2D eigenvalue weighted by Gasteiger charge is -2.12. The highest BCUT2D eigenvalue weighted by atomic mass is 32.2. The third kappa shape index (κ3) is 3.83. The van der Waals surface area contributed by atoms with Crippen molar-refractivity contribution in [3.8, 4) is 0 Å². The van der Waals surface area contributed by atoms with Gasteiger partial charge in [-0.25, -0.2) is 4.68 Å². The zero-order chi connectivity index (χ0) is 11.3. The molecule has 15 heavy (non-hydrogen) atoms. The Morgan fingerprint density at radius 1 is 1.53 bits per heavy atom. The molecular weight excluding hydrogens is 210 g/mol. The first-order chi connectivity index (χ1) is 7.15. The molecule has 0 spiro atoms. The number of thioether (sulfide) groups is 1. The molecule has 1 N–H and O–H groups in total. The van der Waals surface area contributed by atoms with Crippen molar-refractivity contribution in [3.63, 3.8) is 0 Å². The molecule has 1 atom stereocenters. The molecule has 0 aromatic carbocycles. The van der Waals surface area contributed by atoms with Crippen LogP contribution < -0.4 is 0 Å². The highest BCUT2D eigenvalue weighted by molar-refractivity contribution is 7.99. The summed E-state index contributed by atoms with van der Waals surface area (Å²) in [6.45, 7) is 7.15. The molecule has 0 saturated heterocycles. The van der Waals surface area contributed by atoms with Crippen LogP contribution in [0, 0.1) is 0 Å². The van der Waals surface area contributed by atoms with Gasteiger partial charge in [0.1, 0.15) is 6.10 Å². The summed E-state index contributed by atoms with van der Waals surface area (Å²) in [5, 5.41) is 18.3. The van der Waals surface area contributed by atoms with Crippen LogP contribution in [0.5, 0.6) is 0 Å². The molecule has 0 aliphatic heterocycles. The number of aromatic nitrogens is 3. The van der Waals surface area contributed by atoms with Crippen molar-refractivity contribution in [2.75, 3.05) is 5.75 Å². The topological polar surface area (TPSA) is 50.9 Å². The number of aliphatic hydroxyl groups excluding tert-OH is 1. The molecule has 4 nitrogen and oxygen atoms in total. The van der Waals surface area contributed by atoms with Gasteiger partial charge in [-0.05, 0) is 11.7 Å². The van der Waals surface area contributed by atoms with Gasteiger partial charge in [0.2, 0.25) is 0 Å². The van der Waals surface area contributed by atoms with Gasteiger partial charge in [0, 0.05) is 12.3 Å². The first kappa shape index (κ1) is 12.5. The molecule has 5 heteroatoms. The maximum absolute atomic E-state index is 9.94. The summed E-state index contributed by atoms with van der Waals surface area (Å²) in [6, 6.07) is 0. The lowest BCUT2D eigenvalue weighted by atomic mass is 10.3. The van der Waals surface area contributed by atoms with Gasteiger partial charge in [0.15, 0.2) is 0 Å². The molecule has 1 rings (SSSR count). The third-order valence-electron chi connectivity index (χ3n) is 2.01. The van der Waals surface area contributed by atoms with Crippen LogP contribution in [0.4, 0.5) is 0 Å². The maximum Gasteiger partial charge on any atom is 0.106 e. The summed E-state index contributed by atoms with van der Waals surface area (Å²) in [5.41, 5.74) is 0.824. The fourth-order valence-electron chi connectivity index (χ4n) is 1.28. The van der Waals surface area contributed by atoms with E-state index in [1.165, 1.54) is 0 Å². The van der Waals surface area contributed by atoms with Crippen molar-refractivity contribution < 1.29 is 5.11 Å². The molecule has 0 amide bonds. The Hall–Kier alpha value is -0.550. The molecule has 1 unspecified atom stereocenters. The predicted molar refractivity (Wildman–Crippen MR) is 62.9 cm³/mol. The van der Waals surface area contributed by atoms with Gasteiger partial charge >= 0.3 is 0 Å². The second-order valence-corrected chi connectivity index (χ2v) is 5.39. The standard InChI is InChI=1S/C10H19N3OS/c1-4-5-13-9(6-11-12-13)10(14)7-15-8(2)3/h6,8,10,14H,4-5,7H2,1-3H3. The Bertz CT molecular complexity index is 288. The smallest absolute Gasteiger partial charge is 0.106 e. The minimum atomic E-state index is -0.459. The highest BCUT2D eigenvalue weighted by Crippen LogP contribution is 2.20. The van der Waals surface area contributed by atoms with Crippen molar-refractivity contribution >= 4 is 11.8 Å². The van der Waals surface area contributed by atoms with E-state index in [1.807, 2.05) is 0 Å². The van der Waals surface area contributed by atoms with Crippen LogP contribution >= 0.6 is 11.8 Å². The van der Waals surface area contributed by atoms with E-state index in [0.29, 0.717) is 11.0 Å². The first-order valence-electron chi connectivity index (χ1n) is 5.33. The van der Waals surface area contributed by atoms with Crippen molar-refractivity contribution in [2.45, 2.75) is 45.1 Å². The zero-order valence-electron chi connectivity index (χ0n) is 9.55. The number of hydrogen-bond donors (Lipinski definition) is 1. The molecule has 1 aromatic rings. The Morgan fingerprint density at radius 3 is 2.87 bits per heavy atom. The van der Waals surface area contributed by atoms with Crippen LogP contribution in [0.2, 0.25) is 0 Å². The molecule has 0 radical (unpaired) electrons. The molecule has 86 valence electrons. The van der Waals surface area contributed by atoms with E-state index < -0.39 is 6.10 Å². The monoisotopic (exact) mass is 229 g/mol. The SMILES string of the molecule is CCCn1nncc1C(O)CSC(C)C. The second-order valence-electron chi connectivity index (χ2n) is 3.78. The minimum absolute atomic E-state index is 0.459. The van der Waals surface area contributed by atoms with Crippen molar-refractivity contribution in [1.29, 1.82) is 0 Å². The van der Waals surface area contributed by atoms with Crippen LogP contribution in [0.3, 0.4) is 0 Å². The Balaban J connectivity index is 2.56. The minimum Gasteiger partial charge on any atom is -0.386 e. The van der Waals surface area contributed by atoms with E-state index in [-0.39, 0.29) is 0 Å². The lowest BCUT2D eigenvalue weighted by Crippen LogP contribution is -2.11. The Morgan fingerprint density at radius 2 is 2.27 bits per heavy atom. The summed E-state index contributed by atoms with van der Waals surface area (Å²) in [5.74, 6) is 0.703. The summed E-state index contributed by atoms with van der Waals surface area (Å²) in [7, 11) is 0. The molecule has 0 aliphatic carbocycles. The number of rotatable bonds is 6. The van der Waals surface area contributed by atoms with Gasteiger partial charge in [-0.15, -0.1) is 5.10 Å². The van der Waals surface area contributed by atoms with Crippen LogP contribution in [0.1, 0.15) is 39.0 Å². The van der Waals surface area contributed by atoms with Crippen LogP contribution in [0.15, 0.2) is 6.20 Å². The molecule has 0 aliphatic rings. The Labute approximate surface area is 95.1 Å². The molecule has 0 bridgehead atoms. The van der Waals surface area contributed by atoms with Crippen molar-refractivity contribution in [1.82, 2.24) is 15.0 Å². The van der Waals surface area contributed by atoms with Crippen molar-refractivity contribution in [3.05, 3.63) is 11.9 Å². The molecular formula is C10H19N3OS. The molecule has 0 saturated carbocycles. The average molecular weight is 229 g/mol.